The fourth-order valence-corrected chi connectivity index (χ4v) is 1.94. The Morgan fingerprint density at radius 2 is 2.21 bits per heavy atom. The highest BCUT2D eigenvalue weighted by atomic mass is 35.5. The Hall–Kier alpha value is -1.97. The highest BCUT2D eigenvalue weighted by Gasteiger charge is 2.23. The number of nitrogens with zero attached hydrogens (tertiary/aromatic N) is 3. The molecule has 0 saturated heterocycles. The van der Waals surface area contributed by atoms with Crippen molar-refractivity contribution in [2.24, 2.45) is 0 Å². The molecule has 4 nitrogen and oxygen atoms in total. The van der Waals surface area contributed by atoms with Crippen LogP contribution >= 0.6 is 11.6 Å². The van der Waals surface area contributed by atoms with Crippen LogP contribution in [-0.4, -0.2) is 14.9 Å². The van der Waals surface area contributed by atoms with Crippen LogP contribution in [0.3, 0.4) is 0 Å². The first-order valence-electron chi connectivity index (χ1n) is 5.25. The van der Waals surface area contributed by atoms with Gasteiger partial charge in [0.15, 0.2) is 0 Å². The molecule has 0 aliphatic heterocycles. The number of benzene rings is 1. The summed E-state index contributed by atoms with van der Waals surface area (Å²) in [4.78, 5) is 0. The number of aromatic nitrogens is 2. The Balaban J connectivity index is 2.60. The summed E-state index contributed by atoms with van der Waals surface area (Å²) in [5, 5.41) is 21.5. The van der Waals surface area contributed by atoms with Crippen LogP contribution in [0.1, 0.15) is 23.2 Å². The number of aliphatic hydroxyl groups is 1. The van der Waals surface area contributed by atoms with Crippen molar-refractivity contribution in [1.82, 2.24) is 9.78 Å². The molecule has 0 atom stereocenters. The van der Waals surface area contributed by atoms with Gasteiger partial charge in [-0.15, -0.1) is 0 Å². The zero-order chi connectivity index (χ0) is 14.0. The van der Waals surface area contributed by atoms with Gasteiger partial charge in [-0.05, 0) is 18.2 Å². The van der Waals surface area contributed by atoms with Gasteiger partial charge in [0.1, 0.15) is 10.8 Å². The number of halogens is 3. The first-order chi connectivity index (χ1) is 9.08. The van der Waals surface area contributed by atoms with E-state index in [-0.39, 0.29) is 10.7 Å². The standard InChI is InChI=1S/C12H8ClF2N3O/c13-11-9(6-19)10(12(14)15)17-18(11)8-3-1-2-7(4-8)5-16/h1-4,12,19H,6H2. The Bertz CT molecular complexity index is 649. The molecule has 1 N–H and O–H groups in total. The third-order valence-electron chi connectivity index (χ3n) is 2.54. The Morgan fingerprint density at radius 1 is 1.47 bits per heavy atom. The van der Waals surface area contributed by atoms with Crippen LogP contribution in [0, 0.1) is 11.3 Å². The summed E-state index contributed by atoms with van der Waals surface area (Å²) in [6.07, 6.45) is -2.83. The van der Waals surface area contributed by atoms with Gasteiger partial charge < -0.3 is 5.11 Å². The van der Waals surface area contributed by atoms with Crippen LogP contribution in [0.4, 0.5) is 8.78 Å². The molecule has 0 spiro atoms. The van der Waals surface area contributed by atoms with E-state index in [0.29, 0.717) is 11.3 Å². The van der Waals surface area contributed by atoms with E-state index in [2.05, 4.69) is 5.10 Å². The van der Waals surface area contributed by atoms with Crippen molar-refractivity contribution in [3.63, 3.8) is 0 Å². The Labute approximate surface area is 112 Å². The Kier molecular flexibility index (Phi) is 3.79. The summed E-state index contributed by atoms with van der Waals surface area (Å²) in [5.74, 6) is 0. The van der Waals surface area contributed by atoms with Gasteiger partial charge in [-0.25, -0.2) is 13.5 Å². The average molecular weight is 284 g/mol. The maximum absolute atomic E-state index is 12.8. The molecule has 0 amide bonds. The summed E-state index contributed by atoms with van der Waals surface area (Å²) >= 11 is 5.93. The molecular weight excluding hydrogens is 276 g/mol. The van der Waals surface area contributed by atoms with E-state index in [1.165, 1.54) is 6.07 Å². The van der Waals surface area contributed by atoms with Crippen LogP contribution in [0.25, 0.3) is 5.69 Å². The molecule has 2 aromatic rings. The fraction of sp³-hybridized carbons (Fsp3) is 0.167. The maximum Gasteiger partial charge on any atom is 0.282 e. The molecule has 0 aliphatic rings. The molecular formula is C12H8ClF2N3O. The molecule has 1 aromatic heterocycles. The van der Waals surface area contributed by atoms with Crippen molar-refractivity contribution in [1.29, 1.82) is 5.26 Å². The second-order valence-electron chi connectivity index (χ2n) is 3.69. The molecule has 0 radical (unpaired) electrons. The molecule has 1 heterocycles. The van der Waals surface area contributed by atoms with E-state index in [0.717, 1.165) is 4.68 Å². The number of hydrogen-bond acceptors (Lipinski definition) is 3. The smallest absolute Gasteiger partial charge is 0.282 e. The largest absolute Gasteiger partial charge is 0.391 e. The molecule has 98 valence electrons. The summed E-state index contributed by atoms with van der Waals surface area (Å²) in [5.41, 5.74) is 0.0627. The normalized spacial score (nSPS) is 10.7. The predicted octanol–water partition coefficient (Wildman–Crippen LogP) is 2.83. The molecule has 0 fully saturated rings. The number of rotatable bonds is 3. The molecule has 0 aliphatic carbocycles. The number of hydrogen-bond donors (Lipinski definition) is 1. The molecule has 1 aromatic carbocycles. The molecule has 2 rings (SSSR count). The lowest BCUT2D eigenvalue weighted by atomic mass is 10.2. The minimum Gasteiger partial charge on any atom is -0.391 e. The van der Waals surface area contributed by atoms with Crippen LogP contribution < -0.4 is 0 Å². The quantitative estimate of drug-likeness (QED) is 0.942. The van der Waals surface area contributed by atoms with Gasteiger partial charge in [-0.2, -0.15) is 10.4 Å². The van der Waals surface area contributed by atoms with E-state index >= 15 is 0 Å². The summed E-state index contributed by atoms with van der Waals surface area (Å²) in [7, 11) is 0. The predicted molar refractivity (Wildman–Crippen MR) is 64.2 cm³/mol. The van der Waals surface area contributed by atoms with Crippen molar-refractivity contribution in [3.8, 4) is 11.8 Å². The van der Waals surface area contributed by atoms with E-state index in [9.17, 15) is 8.78 Å². The summed E-state index contributed by atoms with van der Waals surface area (Å²) < 4.78 is 26.6. The van der Waals surface area contributed by atoms with Crippen molar-refractivity contribution in [3.05, 3.63) is 46.2 Å². The summed E-state index contributed by atoms with van der Waals surface area (Å²) in [6.45, 7) is -0.629. The number of alkyl halides is 2. The lowest BCUT2D eigenvalue weighted by molar-refractivity contribution is 0.141. The topological polar surface area (TPSA) is 61.8 Å². The first kappa shape index (κ1) is 13.5. The van der Waals surface area contributed by atoms with Gasteiger partial charge in [-0.3, -0.25) is 0 Å². The van der Waals surface area contributed by atoms with Crippen molar-refractivity contribution < 1.29 is 13.9 Å². The number of nitriles is 1. The van der Waals surface area contributed by atoms with E-state index < -0.39 is 18.7 Å². The van der Waals surface area contributed by atoms with Crippen LogP contribution in [-0.2, 0) is 6.61 Å². The van der Waals surface area contributed by atoms with E-state index in [4.69, 9.17) is 22.0 Å². The first-order valence-corrected chi connectivity index (χ1v) is 5.63. The Morgan fingerprint density at radius 3 is 2.74 bits per heavy atom. The minimum atomic E-state index is -2.83. The highest BCUT2D eigenvalue weighted by molar-refractivity contribution is 6.30. The van der Waals surface area contributed by atoms with Gasteiger partial charge in [0.05, 0.1) is 23.9 Å². The molecule has 0 saturated carbocycles. The van der Waals surface area contributed by atoms with Gasteiger partial charge in [-0.1, -0.05) is 17.7 Å². The maximum atomic E-state index is 12.8. The van der Waals surface area contributed by atoms with Crippen molar-refractivity contribution >= 4 is 11.6 Å². The zero-order valence-electron chi connectivity index (χ0n) is 9.52. The zero-order valence-corrected chi connectivity index (χ0v) is 10.3. The van der Waals surface area contributed by atoms with Gasteiger partial charge in [0.25, 0.3) is 6.43 Å². The van der Waals surface area contributed by atoms with Crippen LogP contribution in [0.15, 0.2) is 24.3 Å². The SMILES string of the molecule is N#Cc1cccc(-n2nc(C(F)F)c(CO)c2Cl)c1. The third kappa shape index (κ3) is 2.43. The van der Waals surface area contributed by atoms with Crippen molar-refractivity contribution in [2.75, 3.05) is 0 Å². The fourth-order valence-electron chi connectivity index (χ4n) is 1.65. The molecule has 7 heteroatoms. The second kappa shape index (κ2) is 5.34. The monoisotopic (exact) mass is 283 g/mol. The molecule has 19 heavy (non-hydrogen) atoms. The van der Waals surface area contributed by atoms with E-state index in [1.807, 2.05) is 6.07 Å². The second-order valence-corrected chi connectivity index (χ2v) is 4.05. The molecule has 0 bridgehead atoms. The lowest BCUT2D eigenvalue weighted by Gasteiger charge is -2.03. The lowest BCUT2D eigenvalue weighted by Crippen LogP contribution is -1.98. The van der Waals surface area contributed by atoms with E-state index in [1.54, 1.807) is 18.2 Å². The van der Waals surface area contributed by atoms with Crippen LogP contribution in [0.2, 0.25) is 5.15 Å². The van der Waals surface area contributed by atoms with Gasteiger partial charge in [0.2, 0.25) is 0 Å². The van der Waals surface area contributed by atoms with Gasteiger partial charge in [0, 0.05) is 5.56 Å². The van der Waals surface area contributed by atoms with Gasteiger partial charge >= 0.3 is 0 Å². The highest BCUT2D eigenvalue weighted by Crippen LogP contribution is 2.30. The average Bonchev–Trinajstić information content (AvgIpc) is 2.76. The number of aliphatic hydroxyl groups excluding tert-OH is 1. The molecule has 0 unspecified atom stereocenters. The third-order valence-corrected chi connectivity index (χ3v) is 2.92. The van der Waals surface area contributed by atoms with Crippen molar-refractivity contribution in [2.45, 2.75) is 13.0 Å². The minimum absolute atomic E-state index is 0.0899. The summed E-state index contributed by atoms with van der Waals surface area (Å²) in [6, 6.07) is 8.14. The van der Waals surface area contributed by atoms with Crippen LogP contribution in [0.5, 0.6) is 0 Å².